The van der Waals surface area contributed by atoms with Gasteiger partial charge in [0.2, 0.25) is 0 Å². The van der Waals surface area contributed by atoms with Crippen LogP contribution in [-0.2, 0) is 9.53 Å². The molecule has 0 radical (unpaired) electrons. The predicted octanol–water partition coefficient (Wildman–Crippen LogP) is 1.87. The summed E-state index contributed by atoms with van der Waals surface area (Å²) in [5.41, 5.74) is 0.828. The maximum atomic E-state index is 11.5. The number of oxazole rings is 1. The van der Waals surface area contributed by atoms with E-state index in [1.165, 1.54) is 12.3 Å². The highest BCUT2D eigenvalue weighted by Gasteiger charge is 2.13. The number of nitrogens with one attached hydrogen (secondary N) is 1. The molecule has 6 nitrogen and oxygen atoms in total. The van der Waals surface area contributed by atoms with E-state index in [4.69, 9.17) is 9.15 Å². The smallest absolute Gasteiger partial charge is 0.418 e. The van der Waals surface area contributed by atoms with Crippen molar-refractivity contribution >= 4 is 23.3 Å². The zero-order chi connectivity index (χ0) is 14.0. The van der Waals surface area contributed by atoms with E-state index in [0.29, 0.717) is 16.8 Å². The lowest BCUT2D eigenvalue weighted by atomic mass is 10.2. The lowest BCUT2D eigenvalue weighted by molar-refractivity contribution is -0.148. The van der Waals surface area contributed by atoms with Crippen molar-refractivity contribution in [3.8, 4) is 0 Å². The lowest BCUT2D eigenvalue weighted by Crippen LogP contribution is -2.22. The summed E-state index contributed by atoms with van der Waals surface area (Å²) in [6, 6.07) is 1.61. The Morgan fingerprint density at radius 1 is 1.47 bits per heavy atom. The van der Waals surface area contributed by atoms with Crippen LogP contribution in [0.5, 0.6) is 0 Å². The molecule has 19 heavy (non-hydrogen) atoms. The van der Waals surface area contributed by atoms with Gasteiger partial charge in [-0.05, 0) is 38.5 Å². The number of carbonyl (C=O) groups excluding carboxylic acids is 1. The Balaban J connectivity index is 2.16. The van der Waals surface area contributed by atoms with Crippen LogP contribution in [0.1, 0.15) is 26.3 Å². The molecule has 0 aliphatic rings. The van der Waals surface area contributed by atoms with Gasteiger partial charge in [-0.25, -0.2) is 14.6 Å². The molecule has 100 valence electrons. The van der Waals surface area contributed by atoms with E-state index in [9.17, 15) is 9.59 Å². The van der Waals surface area contributed by atoms with Crippen LogP contribution in [0.2, 0.25) is 0 Å². The summed E-state index contributed by atoms with van der Waals surface area (Å²) in [7, 11) is 0. The van der Waals surface area contributed by atoms with Crippen LogP contribution < -0.4 is 5.76 Å². The van der Waals surface area contributed by atoms with Gasteiger partial charge in [-0.1, -0.05) is 0 Å². The molecule has 0 unspecified atom stereocenters. The Morgan fingerprint density at radius 3 is 2.89 bits per heavy atom. The first-order valence-corrected chi connectivity index (χ1v) is 5.73. The van der Waals surface area contributed by atoms with E-state index < -0.39 is 17.3 Å². The van der Waals surface area contributed by atoms with Crippen molar-refractivity contribution in [1.29, 1.82) is 0 Å². The molecule has 0 aromatic carbocycles. The average Bonchev–Trinajstić information content (AvgIpc) is 2.63. The van der Waals surface area contributed by atoms with Crippen LogP contribution in [-0.4, -0.2) is 21.5 Å². The molecule has 2 rings (SSSR count). The van der Waals surface area contributed by atoms with Crippen LogP contribution >= 0.6 is 0 Å². The first kappa shape index (κ1) is 13.1. The topological polar surface area (TPSA) is 85.2 Å². The summed E-state index contributed by atoms with van der Waals surface area (Å²) < 4.78 is 10.00. The maximum Gasteiger partial charge on any atom is 0.418 e. The quantitative estimate of drug-likeness (QED) is 0.659. The third-order valence-electron chi connectivity index (χ3n) is 2.12. The molecule has 2 heterocycles. The van der Waals surface area contributed by atoms with E-state index in [-0.39, 0.29) is 0 Å². The van der Waals surface area contributed by atoms with E-state index in [1.807, 2.05) is 0 Å². The lowest BCUT2D eigenvalue weighted by Gasteiger charge is -2.17. The molecule has 6 heteroatoms. The minimum Gasteiger partial charge on any atom is -0.457 e. The minimum absolute atomic E-state index is 0.344. The highest BCUT2D eigenvalue weighted by atomic mass is 16.6. The Hall–Kier alpha value is -2.37. The summed E-state index contributed by atoms with van der Waals surface area (Å²) >= 11 is 0. The van der Waals surface area contributed by atoms with Gasteiger partial charge in [-0.15, -0.1) is 0 Å². The number of esters is 1. The van der Waals surface area contributed by atoms with Crippen LogP contribution in [0, 0.1) is 0 Å². The molecular weight excluding hydrogens is 248 g/mol. The van der Waals surface area contributed by atoms with Gasteiger partial charge in [0.25, 0.3) is 0 Å². The second kappa shape index (κ2) is 4.72. The van der Waals surface area contributed by atoms with Crippen LogP contribution in [0.15, 0.2) is 27.6 Å². The van der Waals surface area contributed by atoms with E-state index >= 15 is 0 Å². The van der Waals surface area contributed by atoms with Crippen LogP contribution in [0.3, 0.4) is 0 Å². The van der Waals surface area contributed by atoms with Gasteiger partial charge >= 0.3 is 11.7 Å². The first-order valence-electron chi connectivity index (χ1n) is 5.73. The fraction of sp³-hybridized carbons (Fsp3) is 0.308. The van der Waals surface area contributed by atoms with Gasteiger partial charge < -0.3 is 9.15 Å². The van der Waals surface area contributed by atoms with E-state index in [0.717, 1.165) is 0 Å². The number of ether oxygens (including phenoxy) is 1. The second-order valence-corrected chi connectivity index (χ2v) is 5.00. The first-order chi connectivity index (χ1) is 8.83. The number of pyridine rings is 1. The number of hydrogen-bond donors (Lipinski definition) is 1. The molecule has 0 saturated carbocycles. The van der Waals surface area contributed by atoms with Crippen molar-refractivity contribution in [2.24, 2.45) is 0 Å². The number of H-pyrrole nitrogens is 1. The molecule has 0 spiro atoms. The van der Waals surface area contributed by atoms with Crippen molar-refractivity contribution < 1.29 is 13.9 Å². The molecule has 0 aliphatic heterocycles. The number of aromatic amines is 1. The largest absolute Gasteiger partial charge is 0.457 e. The number of nitrogens with zero attached hydrogens (tertiary/aromatic N) is 1. The summed E-state index contributed by atoms with van der Waals surface area (Å²) in [6.07, 6.45) is 4.38. The molecule has 0 aliphatic carbocycles. The zero-order valence-electron chi connectivity index (χ0n) is 10.9. The van der Waals surface area contributed by atoms with Crippen molar-refractivity contribution in [2.45, 2.75) is 26.4 Å². The standard InChI is InChI=1S/C13H14N2O4/c1-13(2,3)19-10(16)5-4-8-6-9-11(14-7-8)15-12(17)18-9/h4-7H,1-3H3,(H,14,15,17). The number of hydrogen-bond acceptors (Lipinski definition) is 5. The fourth-order valence-electron chi connectivity index (χ4n) is 1.44. The second-order valence-electron chi connectivity index (χ2n) is 5.00. The molecule has 1 N–H and O–H groups in total. The number of aromatic nitrogens is 2. The average molecular weight is 262 g/mol. The Kier molecular flexibility index (Phi) is 3.25. The summed E-state index contributed by atoms with van der Waals surface area (Å²) in [5.74, 6) is -1.00. The normalized spacial score (nSPS) is 12.2. The molecule has 0 atom stereocenters. The van der Waals surface area contributed by atoms with E-state index in [2.05, 4.69) is 9.97 Å². The molecule has 2 aromatic heterocycles. The number of fused-ring (bicyclic) bond motifs is 1. The summed E-state index contributed by atoms with van der Waals surface area (Å²) in [4.78, 5) is 28.9. The van der Waals surface area contributed by atoms with Gasteiger partial charge in [-0.3, -0.25) is 4.98 Å². The molecule has 0 saturated heterocycles. The summed E-state index contributed by atoms with van der Waals surface area (Å²) in [5, 5.41) is 0. The molecule has 0 amide bonds. The van der Waals surface area contributed by atoms with Crippen molar-refractivity contribution in [3.05, 3.63) is 34.5 Å². The highest BCUT2D eigenvalue weighted by molar-refractivity contribution is 5.87. The molecular formula is C13H14N2O4. The fourth-order valence-corrected chi connectivity index (χ4v) is 1.44. The van der Waals surface area contributed by atoms with Gasteiger partial charge in [0.05, 0.1) is 0 Å². The highest BCUT2D eigenvalue weighted by Crippen LogP contribution is 2.11. The predicted molar refractivity (Wildman–Crippen MR) is 69.5 cm³/mol. The minimum atomic E-state index is -0.559. The van der Waals surface area contributed by atoms with E-state index in [1.54, 1.807) is 32.9 Å². The van der Waals surface area contributed by atoms with Gasteiger partial charge in [0.1, 0.15) is 5.60 Å². The van der Waals surface area contributed by atoms with Gasteiger partial charge in [-0.2, -0.15) is 0 Å². The molecule has 0 fully saturated rings. The van der Waals surface area contributed by atoms with Crippen LogP contribution in [0.4, 0.5) is 0 Å². The summed E-state index contributed by atoms with van der Waals surface area (Å²) in [6.45, 7) is 5.38. The van der Waals surface area contributed by atoms with Crippen molar-refractivity contribution in [2.75, 3.05) is 0 Å². The SMILES string of the molecule is CC(C)(C)OC(=O)C=Cc1cnc2[nH]c(=O)oc2c1. The number of carbonyl (C=O) groups is 1. The molecule has 0 bridgehead atoms. The van der Waals surface area contributed by atoms with Gasteiger partial charge in [0, 0.05) is 12.3 Å². The zero-order valence-corrected chi connectivity index (χ0v) is 10.9. The Morgan fingerprint density at radius 2 is 2.21 bits per heavy atom. The molecule has 2 aromatic rings. The Bertz CT molecular complexity index is 688. The number of rotatable bonds is 2. The van der Waals surface area contributed by atoms with Crippen molar-refractivity contribution in [3.63, 3.8) is 0 Å². The Labute approximate surface area is 109 Å². The third-order valence-corrected chi connectivity index (χ3v) is 2.12. The van der Waals surface area contributed by atoms with Crippen LogP contribution in [0.25, 0.3) is 17.3 Å². The van der Waals surface area contributed by atoms with Crippen molar-refractivity contribution in [1.82, 2.24) is 9.97 Å². The maximum absolute atomic E-state index is 11.5. The monoisotopic (exact) mass is 262 g/mol. The van der Waals surface area contributed by atoms with Gasteiger partial charge in [0.15, 0.2) is 11.2 Å². The third kappa shape index (κ3) is 3.54.